The van der Waals surface area contributed by atoms with Gasteiger partial charge in [0.1, 0.15) is 0 Å². The Labute approximate surface area is 80.8 Å². The molecule has 3 atom stereocenters. The molecule has 0 aromatic rings. The lowest BCUT2D eigenvalue weighted by molar-refractivity contribution is 0.0173. The van der Waals surface area contributed by atoms with Gasteiger partial charge in [0.2, 0.25) is 0 Å². The second kappa shape index (κ2) is 4.43. The van der Waals surface area contributed by atoms with Crippen molar-refractivity contribution >= 4 is 0 Å². The van der Waals surface area contributed by atoms with Gasteiger partial charge >= 0.3 is 0 Å². The van der Waals surface area contributed by atoms with Crippen LogP contribution in [0.3, 0.4) is 0 Å². The van der Waals surface area contributed by atoms with Crippen LogP contribution in [-0.2, 0) is 4.74 Å². The minimum atomic E-state index is 0.459. The normalized spacial score (nSPS) is 41.8. The van der Waals surface area contributed by atoms with E-state index >= 15 is 0 Å². The fourth-order valence-corrected chi connectivity index (χ4v) is 2.88. The Morgan fingerprint density at radius 3 is 2.54 bits per heavy atom. The summed E-state index contributed by atoms with van der Waals surface area (Å²) < 4.78 is 5.53. The highest BCUT2D eigenvalue weighted by atomic mass is 16.5. The van der Waals surface area contributed by atoms with Gasteiger partial charge in [0, 0.05) is 19.3 Å². The summed E-state index contributed by atoms with van der Waals surface area (Å²) in [7, 11) is 0. The molecule has 3 unspecified atom stereocenters. The lowest BCUT2D eigenvalue weighted by Crippen LogP contribution is -2.40. The smallest absolute Gasteiger partial charge is 0.0497 e. The fraction of sp³-hybridized carbons (Fsp3) is 1.00. The van der Waals surface area contributed by atoms with Crippen molar-refractivity contribution < 1.29 is 4.74 Å². The van der Waals surface area contributed by atoms with Crippen molar-refractivity contribution in [3.05, 3.63) is 0 Å². The van der Waals surface area contributed by atoms with Crippen molar-refractivity contribution in [3.63, 3.8) is 0 Å². The number of nitrogens with two attached hydrogens (primary N) is 1. The first-order valence-electron chi connectivity index (χ1n) is 5.71. The number of rotatable bonds is 1. The molecule has 0 aromatic carbocycles. The first-order chi connectivity index (χ1) is 6.38. The van der Waals surface area contributed by atoms with Crippen LogP contribution >= 0.6 is 0 Å². The highest BCUT2D eigenvalue weighted by Crippen LogP contribution is 2.33. The number of hydrogen-bond acceptors (Lipinski definition) is 2. The molecule has 2 heteroatoms. The van der Waals surface area contributed by atoms with Gasteiger partial charge in [-0.1, -0.05) is 12.8 Å². The quantitative estimate of drug-likeness (QED) is 0.674. The van der Waals surface area contributed by atoms with Crippen LogP contribution in [0.15, 0.2) is 0 Å². The molecule has 1 aliphatic carbocycles. The molecule has 0 bridgehead atoms. The van der Waals surface area contributed by atoms with Crippen LogP contribution in [0.25, 0.3) is 0 Å². The van der Waals surface area contributed by atoms with Crippen molar-refractivity contribution in [2.45, 2.75) is 44.6 Å². The molecule has 1 saturated heterocycles. The van der Waals surface area contributed by atoms with E-state index < -0.39 is 0 Å². The Hall–Kier alpha value is -0.0800. The Morgan fingerprint density at radius 1 is 1.00 bits per heavy atom. The highest BCUT2D eigenvalue weighted by Gasteiger charge is 2.30. The molecule has 0 amide bonds. The second-order valence-corrected chi connectivity index (χ2v) is 4.59. The zero-order chi connectivity index (χ0) is 9.10. The van der Waals surface area contributed by atoms with Crippen molar-refractivity contribution in [1.82, 2.24) is 0 Å². The van der Waals surface area contributed by atoms with E-state index in [1.54, 1.807) is 0 Å². The minimum Gasteiger partial charge on any atom is -0.381 e. The van der Waals surface area contributed by atoms with Crippen LogP contribution in [0.5, 0.6) is 0 Å². The molecule has 2 aliphatic rings. The zero-order valence-corrected chi connectivity index (χ0v) is 8.37. The molecule has 0 aromatic heterocycles. The molecule has 1 aliphatic heterocycles. The van der Waals surface area contributed by atoms with Crippen LogP contribution in [0, 0.1) is 11.8 Å². The first kappa shape index (κ1) is 9.47. The maximum absolute atomic E-state index is 6.15. The maximum Gasteiger partial charge on any atom is 0.0497 e. The van der Waals surface area contributed by atoms with Gasteiger partial charge in [0.15, 0.2) is 0 Å². The summed E-state index contributed by atoms with van der Waals surface area (Å²) in [5.74, 6) is 1.53. The zero-order valence-electron chi connectivity index (χ0n) is 8.37. The van der Waals surface area contributed by atoms with E-state index in [1.165, 1.54) is 38.5 Å². The Kier molecular flexibility index (Phi) is 3.23. The minimum absolute atomic E-state index is 0.459. The van der Waals surface area contributed by atoms with Crippen LogP contribution in [-0.4, -0.2) is 19.3 Å². The van der Waals surface area contributed by atoms with Gasteiger partial charge in [-0.2, -0.15) is 0 Å². The summed E-state index contributed by atoms with van der Waals surface area (Å²) >= 11 is 0. The van der Waals surface area contributed by atoms with Gasteiger partial charge in [-0.15, -0.1) is 0 Å². The Bertz CT molecular complexity index is 154. The molecular weight excluding hydrogens is 162 g/mol. The molecule has 13 heavy (non-hydrogen) atoms. The van der Waals surface area contributed by atoms with E-state index in [1.807, 2.05) is 0 Å². The monoisotopic (exact) mass is 183 g/mol. The average Bonchev–Trinajstić information content (AvgIpc) is 2.20. The number of ether oxygens (including phenoxy) is 1. The van der Waals surface area contributed by atoms with E-state index in [4.69, 9.17) is 10.5 Å². The molecule has 1 heterocycles. The summed E-state index contributed by atoms with van der Waals surface area (Å²) in [5.41, 5.74) is 6.15. The van der Waals surface area contributed by atoms with Gasteiger partial charge in [-0.05, 0) is 37.5 Å². The molecule has 76 valence electrons. The third-order valence-corrected chi connectivity index (χ3v) is 3.68. The van der Waals surface area contributed by atoms with Crippen molar-refractivity contribution in [1.29, 1.82) is 0 Å². The van der Waals surface area contributed by atoms with E-state index in [9.17, 15) is 0 Å². The van der Waals surface area contributed by atoms with Gasteiger partial charge < -0.3 is 10.5 Å². The maximum atomic E-state index is 6.15. The van der Waals surface area contributed by atoms with Crippen LogP contribution in [0.1, 0.15) is 38.5 Å². The standard InChI is InChI=1S/C11H21NO/c12-11-6-2-1-5-10(11)9-4-3-7-13-8-9/h9-11H,1-8,12H2. The van der Waals surface area contributed by atoms with E-state index in [-0.39, 0.29) is 0 Å². The lowest BCUT2D eigenvalue weighted by atomic mass is 9.75. The average molecular weight is 183 g/mol. The van der Waals surface area contributed by atoms with Gasteiger partial charge in [-0.3, -0.25) is 0 Å². The first-order valence-corrected chi connectivity index (χ1v) is 5.71. The third kappa shape index (κ3) is 2.23. The Morgan fingerprint density at radius 2 is 1.85 bits per heavy atom. The van der Waals surface area contributed by atoms with Crippen LogP contribution < -0.4 is 5.73 Å². The molecular formula is C11H21NO. The third-order valence-electron chi connectivity index (χ3n) is 3.68. The molecule has 2 nitrogen and oxygen atoms in total. The van der Waals surface area contributed by atoms with Crippen LogP contribution in [0.4, 0.5) is 0 Å². The molecule has 2 N–H and O–H groups in total. The SMILES string of the molecule is NC1CCCCC1C1CCCOC1. The summed E-state index contributed by atoms with van der Waals surface area (Å²) in [5, 5.41) is 0. The highest BCUT2D eigenvalue weighted by molar-refractivity contribution is 4.84. The lowest BCUT2D eigenvalue weighted by Gasteiger charge is -2.36. The summed E-state index contributed by atoms with van der Waals surface area (Å²) in [6.45, 7) is 1.94. The topological polar surface area (TPSA) is 35.2 Å². The summed E-state index contributed by atoms with van der Waals surface area (Å²) in [4.78, 5) is 0. The molecule has 0 radical (unpaired) electrons. The predicted octanol–water partition coefficient (Wildman–Crippen LogP) is 1.93. The second-order valence-electron chi connectivity index (χ2n) is 4.59. The van der Waals surface area contributed by atoms with E-state index in [0.717, 1.165) is 25.0 Å². The van der Waals surface area contributed by atoms with Crippen molar-refractivity contribution in [2.75, 3.05) is 13.2 Å². The summed E-state index contributed by atoms with van der Waals surface area (Å²) in [6.07, 6.45) is 7.89. The molecule has 2 fully saturated rings. The molecule has 0 spiro atoms. The van der Waals surface area contributed by atoms with Crippen molar-refractivity contribution in [2.24, 2.45) is 17.6 Å². The molecule has 1 saturated carbocycles. The molecule has 2 rings (SSSR count). The largest absolute Gasteiger partial charge is 0.381 e. The fourth-order valence-electron chi connectivity index (χ4n) is 2.88. The van der Waals surface area contributed by atoms with Crippen LogP contribution in [0.2, 0.25) is 0 Å². The van der Waals surface area contributed by atoms with Gasteiger partial charge in [-0.25, -0.2) is 0 Å². The van der Waals surface area contributed by atoms with Gasteiger partial charge in [0.05, 0.1) is 0 Å². The van der Waals surface area contributed by atoms with Crippen molar-refractivity contribution in [3.8, 4) is 0 Å². The Balaban J connectivity index is 1.88. The predicted molar refractivity (Wildman–Crippen MR) is 53.5 cm³/mol. The van der Waals surface area contributed by atoms with E-state index in [0.29, 0.717) is 6.04 Å². The number of hydrogen-bond donors (Lipinski definition) is 1. The van der Waals surface area contributed by atoms with E-state index in [2.05, 4.69) is 0 Å². The van der Waals surface area contributed by atoms with Gasteiger partial charge in [0.25, 0.3) is 0 Å². The summed E-state index contributed by atoms with van der Waals surface area (Å²) in [6, 6.07) is 0.459.